The van der Waals surface area contributed by atoms with Crippen molar-refractivity contribution in [1.82, 2.24) is 21.5 Å². The smallest absolute Gasteiger partial charge is 0.264 e. The number of amides is 2. The number of hydrogen-bond acceptors (Lipinski definition) is 8. The molecule has 106 valence electrons. The van der Waals surface area contributed by atoms with E-state index in [-0.39, 0.29) is 12.8 Å². The summed E-state index contributed by atoms with van der Waals surface area (Å²) in [6.07, 6.45) is -0.206. The Hall–Kier alpha value is -1.30. The van der Waals surface area contributed by atoms with Gasteiger partial charge < -0.3 is 0 Å². The molecule has 0 fully saturated rings. The van der Waals surface area contributed by atoms with Crippen LogP contribution in [-0.2, 0) is 28.9 Å². The minimum atomic E-state index is -0.485. The van der Waals surface area contributed by atoms with Crippen LogP contribution in [0.15, 0.2) is 0 Å². The normalized spacial score (nSPS) is 10.2. The molecule has 0 spiro atoms. The van der Waals surface area contributed by atoms with Gasteiger partial charge in [-0.3, -0.25) is 28.9 Å². The van der Waals surface area contributed by atoms with E-state index in [1.165, 1.54) is 28.4 Å². The minimum Gasteiger partial charge on any atom is -0.283 e. The van der Waals surface area contributed by atoms with E-state index < -0.39 is 11.8 Å². The molecule has 0 aliphatic heterocycles. The van der Waals surface area contributed by atoms with Crippen LogP contribution in [0.25, 0.3) is 0 Å². The topological polar surface area (TPSA) is 102 Å². The summed E-state index contributed by atoms with van der Waals surface area (Å²) in [7, 11) is 5.19. The van der Waals surface area contributed by atoms with Crippen LogP contribution in [0.4, 0.5) is 0 Å². The van der Waals surface area contributed by atoms with E-state index in [0.29, 0.717) is 0 Å². The van der Waals surface area contributed by atoms with Gasteiger partial charge in [0.15, 0.2) is 0 Å². The minimum absolute atomic E-state index is 0.103. The second-order valence-electron chi connectivity index (χ2n) is 2.83. The molecule has 0 radical (unpaired) electrons. The molecule has 0 aliphatic carbocycles. The van der Waals surface area contributed by atoms with Gasteiger partial charge in [-0.15, -0.1) is 10.3 Å². The fraction of sp³-hybridized carbons (Fsp3) is 0.750. The van der Waals surface area contributed by atoms with Crippen molar-refractivity contribution >= 4 is 11.8 Å². The average molecular weight is 266 g/mol. The average Bonchev–Trinajstić information content (AvgIpc) is 2.38. The molecule has 18 heavy (non-hydrogen) atoms. The maximum absolute atomic E-state index is 11.5. The van der Waals surface area contributed by atoms with Crippen LogP contribution in [0.3, 0.4) is 0 Å². The highest BCUT2D eigenvalue weighted by Crippen LogP contribution is 1.99. The van der Waals surface area contributed by atoms with Gasteiger partial charge in [-0.05, 0) is 0 Å². The summed E-state index contributed by atoms with van der Waals surface area (Å²) in [6.45, 7) is 0. The molecule has 10 nitrogen and oxygen atoms in total. The Morgan fingerprint density at radius 1 is 0.833 bits per heavy atom. The van der Waals surface area contributed by atoms with E-state index in [1.54, 1.807) is 0 Å². The van der Waals surface area contributed by atoms with Crippen molar-refractivity contribution in [3.63, 3.8) is 0 Å². The number of hydroxylamine groups is 2. The molecule has 0 rings (SSSR count). The number of nitrogens with zero attached hydrogens (tertiary/aromatic N) is 2. The molecule has 0 aromatic rings. The van der Waals surface area contributed by atoms with Crippen LogP contribution >= 0.6 is 0 Å². The fourth-order valence-corrected chi connectivity index (χ4v) is 0.963. The van der Waals surface area contributed by atoms with Crippen LogP contribution in [0, 0.1) is 0 Å². The lowest BCUT2D eigenvalue weighted by molar-refractivity contribution is -0.246. The molecule has 2 amide bonds. The van der Waals surface area contributed by atoms with Gasteiger partial charge >= 0.3 is 0 Å². The number of nitrogens with one attached hydrogen (secondary N) is 2. The van der Waals surface area contributed by atoms with Crippen molar-refractivity contribution in [3.05, 3.63) is 0 Å². The zero-order valence-corrected chi connectivity index (χ0v) is 10.8. The lowest BCUT2D eigenvalue weighted by atomic mass is 10.3. The molecular weight excluding hydrogens is 248 g/mol. The van der Waals surface area contributed by atoms with Crippen molar-refractivity contribution in [3.8, 4) is 0 Å². The number of rotatable bonds is 9. The zero-order chi connectivity index (χ0) is 14.0. The summed E-state index contributed by atoms with van der Waals surface area (Å²) in [4.78, 5) is 41.4. The van der Waals surface area contributed by atoms with Gasteiger partial charge in [-0.1, -0.05) is 11.2 Å². The van der Waals surface area contributed by atoms with Crippen LogP contribution in [-0.4, -0.2) is 50.6 Å². The first-order chi connectivity index (χ1) is 8.60. The van der Waals surface area contributed by atoms with E-state index in [2.05, 4.69) is 30.5 Å². The number of hydrogen-bond donors (Lipinski definition) is 2. The first-order valence-corrected chi connectivity index (χ1v) is 4.92. The predicted molar refractivity (Wildman–Crippen MR) is 57.2 cm³/mol. The van der Waals surface area contributed by atoms with E-state index >= 15 is 0 Å². The zero-order valence-electron chi connectivity index (χ0n) is 10.8. The second kappa shape index (κ2) is 9.70. The van der Waals surface area contributed by atoms with E-state index in [0.717, 1.165) is 10.3 Å². The van der Waals surface area contributed by atoms with E-state index in [9.17, 15) is 9.59 Å². The number of hydrazine groups is 2. The predicted octanol–water partition coefficient (Wildman–Crippen LogP) is -1.32. The molecule has 0 saturated heterocycles. The van der Waals surface area contributed by atoms with Crippen molar-refractivity contribution in [2.45, 2.75) is 12.8 Å². The molecule has 0 atom stereocenters. The van der Waals surface area contributed by atoms with Crippen LogP contribution in [0.1, 0.15) is 12.8 Å². The molecule has 0 bridgehead atoms. The lowest BCUT2D eigenvalue weighted by Gasteiger charge is -2.20. The van der Waals surface area contributed by atoms with Crippen molar-refractivity contribution in [2.24, 2.45) is 0 Å². The highest BCUT2D eigenvalue weighted by Gasteiger charge is 2.18. The molecule has 10 heteroatoms. The SMILES string of the molecule is CONN(OC)C(=O)CCC(=O)N(NOC)OC. The molecule has 0 aromatic carbocycles. The molecule has 2 N–H and O–H groups in total. The Morgan fingerprint density at radius 2 is 1.17 bits per heavy atom. The first kappa shape index (κ1) is 16.7. The highest BCUT2D eigenvalue weighted by atomic mass is 16.8. The van der Waals surface area contributed by atoms with Gasteiger partial charge in [0.1, 0.15) is 0 Å². The summed E-state index contributed by atoms with van der Waals surface area (Å²) in [6, 6.07) is 0. The monoisotopic (exact) mass is 266 g/mol. The van der Waals surface area contributed by atoms with E-state index in [1.807, 2.05) is 0 Å². The molecule has 0 saturated carbocycles. The summed E-state index contributed by atoms with van der Waals surface area (Å²) in [5.41, 5.74) is 4.38. The quantitative estimate of drug-likeness (QED) is 0.495. The van der Waals surface area contributed by atoms with Gasteiger partial charge in [-0.25, -0.2) is 0 Å². The van der Waals surface area contributed by atoms with Gasteiger partial charge in [0.25, 0.3) is 11.8 Å². The highest BCUT2D eigenvalue weighted by molar-refractivity contribution is 5.82. The molecular formula is C8H18N4O6. The van der Waals surface area contributed by atoms with Crippen molar-refractivity contribution < 1.29 is 28.9 Å². The largest absolute Gasteiger partial charge is 0.283 e. The summed E-state index contributed by atoms with van der Waals surface area (Å²) in [5.74, 6) is -0.970. The summed E-state index contributed by atoms with van der Waals surface area (Å²) < 4.78 is 0. The fourth-order valence-electron chi connectivity index (χ4n) is 0.963. The Morgan fingerprint density at radius 3 is 1.39 bits per heavy atom. The molecule has 0 aromatic heterocycles. The van der Waals surface area contributed by atoms with Crippen molar-refractivity contribution in [2.75, 3.05) is 28.4 Å². The Labute approximate surface area is 104 Å². The third kappa shape index (κ3) is 5.86. The Balaban J connectivity index is 4.13. The lowest BCUT2D eigenvalue weighted by Crippen LogP contribution is -2.43. The van der Waals surface area contributed by atoms with Gasteiger partial charge in [0.05, 0.1) is 28.4 Å². The second-order valence-corrected chi connectivity index (χ2v) is 2.83. The molecule has 0 unspecified atom stereocenters. The standard InChI is InChI=1S/C8H18N4O6/c1-15-9-11(17-3)7(13)5-6-8(14)12(18-4)10-16-2/h9-10H,5-6H2,1-4H3. The van der Waals surface area contributed by atoms with Gasteiger partial charge in [-0.2, -0.15) is 0 Å². The van der Waals surface area contributed by atoms with Gasteiger partial charge in [0.2, 0.25) is 0 Å². The van der Waals surface area contributed by atoms with Crippen LogP contribution < -0.4 is 11.2 Å². The molecule has 0 aliphatic rings. The number of carbonyl (C=O) groups is 2. The summed E-state index contributed by atoms with van der Waals surface area (Å²) in [5, 5.41) is 1.52. The summed E-state index contributed by atoms with van der Waals surface area (Å²) >= 11 is 0. The molecule has 0 heterocycles. The van der Waals surface area contributed by atoms with Crippen molar-refractivity contribution in [1.29, 1.82) is 0 Å². The Kier molecular flexibility index (Phi) is 9.00. The maximum Gasteiger partial charge on any atom is 0.264 e. The maximum atomic E-state index is 11.5. The Bertz CT molecular complexity index is 238. The van der Waals surface area contributed by atoms with Gasteiger partial charge in [0, 0.05) is 12.8 Å². The first-order valence-electron chi connectivity index (χ1n) is 4.92. The number of carbonyl (C=O) groups excluding carboxylic acids is 2. The third-order valence-electron chi connectivity index (χ3n) is 1.72. The van der Waals surface area contributed by atoms with Crippen LogP contribution in [0.5, 0.6) is 0 Å². The third-order valence-corrected chi connectivity index (χ3v) is 1.72. The van der Waals surface area contributed by atoms with E-state index in [4.69, 9.17) is 0 Å². The van der Waals surface area contributed by atoms with Crippen LogP contribution in [0.2, 0.25) is 0 Å².